The number of hydrogen-bond acceptors (Lipinski definition) is 15. The van der Waals surface area contributed by atoms with E-state index in [0.29, 0.717) is 121 Å². The van der Waals surface area contributed by atoms with Crippen LogP contribution in [0.1, 0.15) is 12.5 Å². The van der Waals surface area contributed by atoms with Crippen molar-refractivity contribution in [2.24, 2.45) is 10.2 Å². The van der Waals surface area contributed by atoms with Crippen molar-refractivity contribution >= 4 is 29.4 Å². The Morgan fingerprint density at radius 2 is 1.00 bits per heavy atom. The molecule has 15 nitrogen and oxygen atoms in total. The van der Waals surface area contributed by atoms with Gasteiger partial charge >= 0.3 is 11.9 Å². The van der Waals surface area contributed by atoms with Crippen LogP contribution >= 0.6 is 0 Å². The third-order valence-electron chi connectivity index (χ3n) is 6.35. The van der Waals surface area contributed by atoms with Gasteiger partial charge in [0.2, 0.25) is 0 Å². The van der Waals surface area contributed by atoms with Crippen LogP contribution in [0.4, 0.5) is 11.4 Å². The van der Waals surface area contributed by atoms with Crippen LogP contribution in [0, 0.1) is 11.3 Å². The van der Waals surface area contributed by atoms with Crippen LogP contribution in [0.5, 0.6) is 5.75 Å². The molecule has 15 heteroatoms. The van der Waals surface area contributed by atoms with Crippen molar-refractivity contribution in [3.05, 3.63) is 71.8 Å². The molecular weight excluding hydrogens is 678 g/mol. The Morgan fingerprint density at radius 1 is 0.615 bits per heavy atom. The maximum absolute atomic E-state index is 12.3. The molecule has 2 aromatic carbocycles. The summed E-state index contributed by atoms with van der Waals surface area (Å²) < 4.78 is 53.1. The Kier molecular flexibility index (Phi) is 24.6. The van der Waals surface area contributed by atoms with Crippen molar-refractivity contribution in [1.82, 2.24) is 0 Å². The second-order valence-corrected chi connectivity index (χ2v) is 10.5. The molecule has 0 aliphatic heterocycles. The van der Waals surface area contributed by atoms with E-state index in [1.165, 1.54) is 6.08 Å². The lowest BCUT2D eigenvalue weighted by Crippen LogP contribution is -2.15. The highest BCUT2D eigenvalue weighted by molar-refractivity contribution is 5.97. The Balaban J connectivity index is 1.46. The normalized spacial score (nSPS) is 11.4. The van der Waals surface area contributed by atoms with Gasteiger partial charge in [0.25, 0.3) is 0 Å². The number of nitrogens with zero attached hydrogens (tertiary/aromatic N) is 3. The maximum Gasteiger partial charge on any atom is 0.348 e. The van der Waals surface area contributed by atoms with Crippen molar-refractivity contribution in [2.75, 3.05) is 113 Å². The molecule has 0 aliphatic rings. The number of nitriles is 1. The number of esters is 2. The zero-order valence-corrected chi connectivity index (χ0v) is 30.0. The van der Waals surface area contributed by atoms with Crippen molar-refractivity contribution in [1.29, 1.82) is 5.26 Å². The van der Waals surface area contributed by atoms with Crippen molar-refractivity contribution in [3.8, 4) is 11.8 Å². The van der Waals surface area contributed by atoms with Crippen LogP contribution in [0.15, 0.2) is 76.5 Å². The molecule has 0 aromatic heterocycles. The molecular formula is C37H49N3O12. The van der Waals surface area contributed by atoms with Gasteiger partial charge in [-0.15, -0.1) is 0 Å². The highest BCUT2D eigenvalue weighted by atomic mass is 16.6. The van der Waals surface area contributed by atoms with Gasteiger partial charge in [-0.3, -0.25) is 0 Å². The predicted molar refractivity (Wildman–Crippen MR) is 190 cm³/mol. The van der Waals surface area contributed by atoms with Gasteiger partial charge in [-0.25, -0.2) is 9.59 Å². The summed E-state index contributed by atoms with van der Waals surface area (Å²) in [5, 5.41) is 17.8. The molecule has 0 saturated heterocycles. The first-order valence-electron chi connectivity index (χ1n) is 16.7. The van der Waals surface area contributed by atoms with Gasteiger partial charge < -0.3 is 47.4 Å². The summed E-state index contributed by atoms with van der Waals surface area (Å²) in [6.45, 7) is 11.8. The Labute approximate surface area is 305 Å². The fourth-order valence-corrected chi connectivity index (χ4v) is 3.67. The van der Waals surface area contributed by atoms with Crippen molar-refractivity contribution < 1.29 is 57.0 Å². The number of hydrogen-bond donors (Lipinski definition) is 0. The number of ether oxygens (including phenoxy) is 10. The minimum atomic E-state index is -0.752. The van der Waals surface area contributed by atoms with E-state index in [1.54, 1.807) is 62.6 Å². The zero-order valence-electron chi connectivity index (χ0n) is 30.0. The predicted octanol–water partition coefficient (Wildman–Crippen LogP) is 4.80. The SMILES string of the molecule is C=C(C)C(=O)Oc1ccc(N=Nc2ccc(/C=C(/C#N)C(=O)OCCOCCOCCOCCOCCOCCOCCOCCOC)cc2)cc1. The summed E-state index contributed by atoms with van der Waals surface area (Å²) in [7, 11) is 1.63. The summed E-state index contributed by atoms with van der Waals surface area (Å²) in [4.78, 5) is 24.0. The number of benzene rings is 2. The van der Waals surface area contributed by atoms with Crippen LogP contribution in [0.25, 0.3) is 6.08 Å². The lowest BCUT2D eigenvalue weighted by Gasteiger charge is -2.08. The largest absolute Gasteiger partial charge is 0.459 e. The van der Waals surface area contributed by atoms with E-state index in [1.807, 2.05) is 6.07 Å². The average molecular weight is 728 g/mol. The van der Waals surface area contributed by atoms with E-state index in [9.17, 15) is 14.9 Å². The molecule has 0 aliphatic carbocycles. The molecule has 0 bridgehead atoms. The number of carbonyl (C=O) groups excluding carboxylic acids is 2. The third-order valence-corrected chi connectivity index (χ3v) is 6.35. The smallest absolute Gasteiger partial charge is 0.348 e. The second kappa shape index (κ2) is 29.2. The summed E-state index contributed by atoms with van der Waals surface area (Å²) >= 11 is 0. The first-order valence-corrected chi connectivity index (χ1v) is 16.7. The van der Waals surface area contributed by atoms with Crippen LogP contribution in [-0.4, -0.2) is 125 Å². The van der Waals surface area contributed by atoms with Gasteiger partial charge in [0.15, 0.2) is 0 Å². The first kappa shape index (κ1) is 43.8. The van der Waals surface area contributed by atoms with Gasteiger partial charge in [-0.1, -0.05) is 18.7 Å². The fraction of sp³-hybridized carbons (Fsp3) is 0.486. The van der Waals surface area contributed by atoms with Crippen LogP contribution in [0.3, 0.4) is 0 Å². The minimum absolute atomic E-state index is 0.0124. The topological polar surface area (TPSA) is 175 Å². The second-order valence-electron chi connectivity index (χ2n) is 10.5. The summed E-state index contributed by atoms with van der Waals surface area (Å²) in [6.07, 6.45) is 1.43. The molecule has 52 heavy (non-hydrogen) atoms. The van der Waals surface area contributed by atoms with Gasteiger partial charge in [0, 0.05) is 12.7 Å². The van der Waals surface area contributed by atoms with E-state index >= 15 is 0 Å². The quantitative estimate of drug-likeness (QED) is 0.0268. The molecule has 2 rings (SSSR count). The van der Waals surface area contributed by atoms with E-state index < -0.39 is 11.9 Å². The molecule has 0 spiro atoms. The Morgan fingerprint density at radius 3 is 1.38 bits per heavy atom. The van der Waals surface area contributed by atoms with Crippen molar-refractivity contribution in [2.45, 2.75) is 6.92 Å². The number of rotatable bonds is 30. The molecule has 0 saturated carbocycles. The van der Waals surface area contributed by atoms with Crippen LogP contribution < -0.4 is 4.74 Å². The maximum atomic E-state index is 12.3. The van der Waals surface area contributed by atoms with E-state index in [4.69, 9.17) is 47.4 Å². The summed E-state index contributed by atoms with van der Waals surface area (Å²) in [5.41, 5.74) is 1.88. The minimum Gasteiger partial charge on any atom is -0.459 e. The number of azo groups is 1. The molecule has 0 radical (unpaired) electrons. The fourth-order valence-electron chi connectivity index (χ4n) is 3.67. The highest BCUT2D eigenvalue weighted by Crippen LogP contribution is 2.22. The molecule has 0 fully saturated rings. The first-order chi connectivity index (χ1) is 25.4. The summed E-state index contributed by atoms with van der Waals surface area (Å²) in [5.74, 6) is -0.884. The summed E-state index contributed by atoms with van der Waals surface area (Å²) in [6, 6.07) is 15.2. The highest BCUT2D eigenvalue weighted by Gasteiger charge is 2.11. The van der Waals surface area contributed by atoms with Crippen LogP contribution in [-0.2, 0) is 52.2 Å². The van der Waals surface area contributed by atoms with E-state index in [0.717, 1.165) is 0 Å². The van der Waals surface area contributed by atoms with Gasteiger partial charge in [0.1, 0.15) is 24.0 Å². The number of carbonyl (C=O) groups is 2. The monoisotopic (exact) mass is 727 g/mol. The van der Waals surface area contributed by atoms with Gasteiger partial charge in [-0.05, 0) is 55.0 Å². The van der Waals surface area contributed by atoms with Crippen molar-refractivity contribution in [3.63, 3.8) is 0 Å². The standard InChI is InChI=1S/C37H49N3O12/c1-30(2)36(41)52-35-10-8-34(9-11-35)40-39-33-6-4-31(5-7-33)28-32(29-38)37(42)51-27-26-50-25-24-49-23-22-48-21-20-47-19-18-46-17-16-45-15-14-44-13-12-43-3/h4-11,28H,1,12-27H2,2-3H3/b32-28-,40-39?. The zero-order chi connectivity index (χ0) is 37.5. The molecule has 0 unspecified atom stereocenters. The lowest BCUT2D eigenvalue weighted by molar-refractivity contribution is -0.140. The molecule has 0 N–H and O–H groups in total. The molecule has 284 valence electrons. The third kappa shape index (κ3) is 21.8. The average Bonchev–Trinajstić information content (AvgIpc) is 3.15. The molecule has 0 heterocycles. The Bertz CT molecular complexity index is 1390. The lowest BCUT2D eigenvalue weighted by atomic mass is 10.1. The molecule has 0 amide bonds. The van der Waals surface area contributed by atoms with Gasteiger partial charge in [0.05, 0.1) is 110 Å². The van der Waals surface area contributed by atoms with E-state index in [2.05, 4.69) is 16.8 Å². The van der Waals surface area contributed by atoms with Gasteiger partial charge in [-0.2, -0.15) is 15.5 Å². The van der Waals surface area contributed by atoms with Crippen LogP contribution in [0.2, 0.25) is 0 Å². The molecule has 0 atom stereocenters. The molecule has 2 aromatic rings. The number of methoxy groups -OCH3 is 1. The Hall–Kier alpha value is -4.37. The van der Waals surface area contributed by atoms with E-state index in [-0.39, 0.29) is 18.8 Å².